The lowest BCUT2D eigenvalue weighted by Gasteiger charge is -2.01. The number of nitrogens with one attached hydrogen (secondary N) is 1. The van der Waals surface area contributed by atoms with Gasteiger partial charge in [-0.2, -0.15) is 0 Å². The smallest absolute Gasteiger partial charge is 0.294 e. The Balaban J connectivity index is 3.01. The summed E-state index contributed by atoms with van der Waals surface area (Å²) in [6, 6.07) is 0. The normalized spacial score (nSPS) is 10.1. The van der Waals surface area contributed by atoms with Crippen LogP contribution < -0.4 is 10.4 Å². The van der Waals surface area contributed by atoms with E-state index in [1.165, 1.54) is 10.0 Å². The fourth-order valence-corrected chi connectivity index (χ4v) is 1.78. The van der Waals surface area contributed by atoms with Crippen molar-refractivity contribution < 1.29 is 10.0 Å². The Labute approximate surface area is 78.6 Å². The monoisotopic (exact) mass is 202 g/mol. The van der Waals surface area contributed by atoms with Crippen molar-refractivity contribution in [1.29, 1.82) is 0 Å². The van der Waals surface area contributed by atoms with E-state index in [1.807, 2.05) is 6.92 Å². The lowest BCUT2D eigenvalue weighted by atomic mass is 10.4. The molecule has 0 fully saturated rings. The van der Waals surface area contributed by atoms with Crippen LogP contribution in [0.5, 0.6) is 0 Å². The zero-order valence-electron chi connectivity index (χ0n) is 7.33. The van der Waals surface area contributed by atoms with E-state index in [9.17, 15) is 9.59 Å². The highest BCUT2D eigenvalue weighted by Crippen LogP contribution is 2.08. The van der Waals surface area contributed by atoms with Crippen molar-refractivity contribution in [3.63, 3.8) is 0 Å². The van der Waals surface area contributed by atoms with Gasteiger partial charge in [-0.3, -0.25) is 19.4 Å². The maximum absolute atomic E-state index is 11.2. The molecule has 13 heavy (non-hydrogen) atoms. The summed E-state index contributed by atoms with van der Waals surface area (Å²) in [6.45, 7) is 3.44. The standard InChI is InChI=1S/C7H10N2O3S/c1-4-5(2)13-7(11)9(4)3-6(10)8-12/h12H,3H2,1-2H3,(H,8,10). The van der Waals surface area contributed by atoms with Gasteiger partial charge in [-0.25, -0.2) is 5.48 Å². The Bertz CT molecular complexity index is 380. The third kappa shape index (κ3) is 1.96. The fraction of sp³-hybridized carbons (Fsp3) is 0.429. The van der Waals surface area contributed by atoms with Gasteiger partial charge in [0.25, 0.3) is 5.91 Å². The molecule has 5 nitrogen and oxygen atoms in total. The van der Waals surface area contributed by atoms with Crippen molar-refractivity contribution in [2.75, 3.05) is 0 Å². The zero-order valence-corrected chi connectivity index (χ0v) is 8.14. The van der Waals surface area contributed by atoms with E-state index in [1.54, 1.807) is 6.92 Å². The Hall–Kier alpha value is -1.14. The average Bonchev–Trinajstić information content (AvgIpc) is 2.32. The first-order valence-corrected chi connectivity index (χ1v) is 4.47. The van der Waals surface area contributed by atoms with Gasteiger partial charge < -0.3 is 0 Å². The molecule has 0 radical (unpaired) electrons. The van der Waals surface area contributed by atoms with Crippen molar-refractivity contribution in [3.05, 3.63) is 20.2 Å². The van der Waals surface area contributed by atoms with Gasteiger partial charge in [0.05, 0.1) is 0 Å². The number of thiazole rings is 1. The van der Waals surface area contributed by atoms with Crippen molar-refractivity contribution in [3.8, 4) is 0 Å². The van der Waals surface area contributed by atoms with Crippen molar-refractivity contribution >= 4 is 17.2 Å². The molecule has 0 aliphatic rings. The average molecular weight is 202 g/mol. The Morgan fingerprint density at radius 1 is 1.62 bits per heavy atom. The lowest BCUT2D eigenvalue weighted by molar-refractivity contribution is -0.129. The minimum Gasteiger partial charge on any atom is -0.294 e. The summed E-state index contributed by atoms with van der Waals surface area (Å²) in [6.07, 6.45) is 0. The van der Waals surface area contributed by atoms with Gasteiger partial charge in [0.1, 0.15) is 6.54 Å². The second-order valence-corrected chi connectivity index (χ2v) is 3.80. The maximum Gasteiger partial charge on any atom is 0.308 e. The van der Waals surface area contributed by atoms with E-state index in [2.05, 4.69) is 0 Å². The zero-order chi connectivity index (χ0) is 10.0. The first-order chi connectivity index (χ1) is 6.06. The summed E-state index contributed by atoms with van der Waals surface area (Å²) in [7, 11) is 0. The molecular formula is C7H10N2O3S. The molecule has 1 aromatic heterocycles. The molecule has 1 rings (SSSR count). The molecule has 1 heterocycles. The topological polar surface area (TPSA) is 71.3 Å². The number of aromatic nitrogens is 1. The molecule has 0 saturated heterocycles. The predicted octanol–water partition coefficient (Wildman–Crippen LogP) is 0.0320. The van der Waals surface area contributed by atoms with Crippen LogP contribution in [0.4, 0.5) is 0 Å². The molecule has 0 bridgehead atoms. The van der Waals surface area contributed by atoms with E-state index in [-0.39, 0.29) is 11.4 Å². The first kappa shape index (κ1) is 9.94. The highest BCUT2D eigenvalue weighted by Gasteiger charge is 2.10. The number of aryl methyl sites for hydroxylation is 1. The first-order valence-electron chi connectivity index (χ1n) is 3.66. The maximum atomic E-state index is 11.2. The number of hydrogen-bond acceptors (Lipinski definition) is 4. The van der Waals surface area contributed by atoms with Gasteiger partial charge in [-0.05, 0) is 13.8 Å². The fourth-order valence-electron chi connectivity index (χ4n) is 0.949. The lowest BCUT2D eigenvalue weighted by Crippen LogP contribution is -2.28. The van der Waals surface area contributed by atoms with Gasteiger partial charge in [-0.15, -0.1) is 0 Å². The van der Waals surface area contributed by atoms with Crippen LogP contribution in [0.2, 0.25) is 0 Å². The van der Waals surface area contributed by atoms with Gasteiger partial charge in [0.2, 0.25) is 0 Å². The molecule has 2 N–H and O–H groups in total. The summed E-state index contributed by atoms with van der Waals surface area (Å²) in [4.78, 5) is 22.7. The molecule has 1 amide bonds. The molecule has 6 heteroatoms. The van der Waals surface area contributed by atoms with Gasteiger partial charge in [0.15, 0.2) is 0 Å². The predicted molar refractivity (Wildman–Crippen MR) is 48.0 cm³/mol. The number of amides is 1. The third-order valence-corrected chi connectivity index (χ3v) is 2.80. The number of carbonyl (C=O) groups is 1. The molecule has 0 spiro atoms. The molecule has 72 valence electrons. The molecule has 0 atom stereocenters. The van der Waals surface area contributed by atoms with E-state index in [4.69, 9.17) is 5.21 Å². The number of hydrogen-bond donors (Lipinski definition) is 2. The highest BCUT2D eigenvalue weighted by atomic mass is 32.1. The van der Waals surface area contributed by atoms with Gasteiger partial charge >= 0.3 is 4.87 Å². The Morgan fingerprint density at radius 2 is 2.23 bits per heavy atom. The largest absolute Gasteiger partial charge is 0.308 e. The number of hydroxylamine groups is 1. The van der Waals surface area contributed by atoms with E-state index < -0.39 is 5.91 Å². The summed E-state index contributed by atoms with van der Waals surface area (Å²) < 4.78 is 1.32. The molecule has 0 aromatic carbocycles. The van der Waals surface area contributed by atoms with E-state index in [0.717, 1.165) is 21.9 Å². The summed E-state index contributed by atoms with van der Waals surface area (Å²) >= 11 is 1.09. The van der Waals surface area contributed by atoms with Crippen LogP contribution in [0.3, 0.4) is 0 Å². The third-order valence-electron chi connectivity index (χ3n) is 1.80. The summed E-state index contributed by atoms with van der Waals surface area (Å²) in [5, 5.41) is 8.27. The summed E-state index contributed by atoms with van der Waals surface area (Å²) in [5.41, 5.74) is 2.25. The van der Waals surface area contributed by atoms with Crippen LogP contribution in [0, 0.1) is 13.8 Å². The second kappa shape index (κ2) is 3.71. The highest BCUT2D eigenvalue weighted by molar-refractivity contribution is 7.09. The molecular weight excluding hydrogens is 192 g/mol. The van der Waals surface area contributed by atoms with Crippen LogP contribution >= 0.6 is 11.3 Å². The van der Waals surface area contributed by atoms with Gasteiger partial charge in [-0.1, -0.05) is 11.3 Å². The molecule has 0 unspecified atom stereocenters. The van der Waals surface area contributed by atoms with Crippen LogP contribution in [0.1, 0.15) is 10.6 Å². The minimum atomic E-state index is -0.594. The second-order valence-electron chi connectivity index (χ2n) is 2.63. The number of rotatable bonds is 2. The Morgan fingerprint density at radius 3 is 2.62 bits per heavy atom. The SMILES string of the molecule is Cc1sc(=O)n(CC(=O)NO)c1C. The minimum absolute atomic E-state index is 0.133. The number of carbonyl (C=O) groups excluding carboxylic acids is 1. The molecule has 0 saturated carbocycles. The summed E-state index contributed by atoms with van der Waals surface area (Å²) in [5.74, 6) is -0.594. The van der Waals surface area contributed by atoms with Crippen LogP contribution in [-0.2, 0) is 11.3 Å². The number of nitrogens with zero attached hydrogens (tertiary/aromatic N) is 1. The Kier molecular flexibility index (Phi) is 2.84. The molecule has 0 aliphatic heterocycles. The molecule has 1 aromatic rings. The van der Waals surface area contributed by atoms with Crippen LogP contribution in [-0.4, -0.2) is 15.7 Å². The van der Waals surface area contributed by atoms with E-state index in [0.29, 0.717) is 0 Å². The van der Waals surface area contributed by atoms with Crippen molar-refractivity contribution in [2.45, 2.75) is 20.4 Å². The van der Waals surface area contributed by atoms with E-state index >= 15 is 0 Å². The van der Waals surface area contributed by atoms with Crippen molar-refractivity contribution in [1.82, 2.24) is 10.0 Å². The molecule has 0 aliphatic carbocycles. The van der Waals surface area contributed by atoms with Gasteiger partial charge in [0, 0.05) is 10.6 Å². The van der Waals surface area contributed by atoms with Crippen molar-refractivity contribution in [2.24, 2.45) is 0 Å². The van der Waals surface area contributed by atoms with Crippen LogP contribution in [0.25, 0.3) is 0 Å². The quantitative estimate of drug-likeness (QED) is 0.525. The van der Waals surface area contributed by atoms with Crippen LogP contribution in [0.15, 0.2) is 4.79 Å².